The Bertz CT molecular complexity index is 496. The molecule has 0 saturated heterocycles. The first-order valence-corrected chi connectivity index (χ1v) is 7.74. The van der Waals surface area contributed by atoms with Crippen molar-refractivity contribution in [3.63, 3.8) is 0 Å². The molecule has 0 radical (unpaired) electrons. The van der Waals surface area contributed by atoms with Gasteiger partial charge in [-0.2, -0.15) is 0 Å². The molecule has 0 atom stereocenters. The van der Waals surface area contributed by atoms with Crippen molar-refractivity contribution >= 4 is 17.6 Å². The van der Waals surface area contributed by atoms with E-state index in [1.807, 2.05) is 31.2 Å². The smallest absolute Gasteiger partial charge is 0.321 e. The molecule has 0 heterocycles. The van der Waals surface area contributed by atoms with E-state index in [-0.39, 0.29) is 18.5 Å². The lowest BCUT2D eigenvalue weighted by Gasteiger charge is -2.12. The summed E-state index contributed by atoms with van der Waals surface area (Å²) in [6, 6.07) is 7.11. The highest BCUT2D eigenvalue weighted by Crippen LogP contribution is 2.17. The van der Waals surface area contributed by atoms with Crippen LogP contribution in [0.5, 0.6) is 5.75 Å². The van der Waals surface area contributed by atoms with Crippen LogP contribution in [0.3, 0.4) is 0 Å². The Morgan fingerprint density at radius 3 is 2.50 bits per heavy atom. The normalized spacial score (nSPS) is 14.4. The number of amides is 3. The minimum Gasteiger partial charge on any atom is -0.494 e. The first kappa shape index (κ1) is 16.1. The Balaban J connectivity index is 1.69. The molecule has 6 heteroatoms. The van der Waals surface area contributed by atoms with Gasteiger partial charge in [-0.3, -0.25) is 10.1 Å². The fourth-order valence-corrected chi connectivity index (χ4v) is 2.48. The van der Waals surface area contributed by atoms with Crippen LogP contribution in [-0.4, -0.2) is 31.1 Å². The zero-order valence-corrected chi connectivity index (χ0v) is 12.9. The van der Waals surface area contributed by atoms with Gasteiger partial charge in [-0.25, -0.2) is 4.79 Å². The van der Waals surface area contributed by atoms with Crippen molar-refractivity contribution < 1.29 is 14.3 Å². The Hall–Kier alpha value is -2.24. The van der Waals surface area contributed by atoms with Crippen LogP contribution in [0, 0.1) is 0 Å². The van der Waals surface area contributed by atoms with Crippen LogP contribution < -0.4 is 20.7 Å². The maximum atomic E-state index is 11.7. The number of hydrogen-bond acceptors (Lipinski definition) is 4. The van der Waals surface area contributed by atoms with E-state index in [4.69, 9.17) is 4.74 Å². The third kappa shape index (κ3) is 5.27. The van der Waals surface area contributed by atoms with Crippen molar-refractivity contribution in [2.24, 2.45) is 0 Å². The van der Waals surface area contributed by atoms with Gasteiger partial charge in [0.2, 0.25) is 5.91 Å². The van der Waals surface area contributed by atoms with Crippen LogP contribution in [0.2, 0.25) is 0 Å². The number of carbonyl (C=O) groups is 2. The van der Waals surface area contributed by atoms with Gasteiger partial charge in [-0.15, -0.1) is 0 Å². The number of anilines is 1. The summed E-state index contributed by atoms with van der Waals surface area (Å²) in [5.74, 6) is 0.429. The van der Waals surface area contributed by atoms with E-state index in [0.717, 1.165) is 37.1 Å². The fraction of sp³-hybridized carbons (Fsp3) is 0.500. The topological polar surface area (TPSA) is 79.5 Å². The summed E-state index contributed by atoms with van der Waals surface area (Å²) < 4.78 is 5.34. The van der Waals surface area contributed by atoms with E-state index >= 15 is 0 Å². The van der Waals surface area contributed by atoms with E-state index in [1.54, 1.807) is 0 Å². The lowest BCUT2D eigenvalue weighted by molar-refractivity contribution is -0.118. The van der Waals surface area contributed by atoms with Crippen molar-refractivity contribution in [2.75, 3.05) is 18.5 Å². The van der Waals surface area contributed by atoms with E-state index < -0.39 is 6.03 Å². The largest absolute Gasteiger partial charge is 0.494 e. The Morgan fingerprint density at radius 1 is 1.18 bits per heavy atom. The Labute approximate surface area is 130 Å². The van der Waals surface area contributed by atoms with Gasteiger partial charge in [0.15, 0.2) is 0 Å². The molecule has 0 bridgehead atoms. The number of ether oxygens (including phenoxy) is 1. The summed E-state index contributed by atoms with van der Waals surface area (Å²) in [4.78, 5) is 23.4. The third-order valence-electron chi connectivity index (χ3n) is 3.56. The minimum absolute atomic E-state index is 0.0477. The van der Waals surface area contributed by atoms with Gasteiger partial charge in [0, 0.05) is 11.7 Å². The molecular formula is C16H23N3O3. The van der Waals surface area contributed by atoms with Crippen LogP contribution in [0.25, 0.3) is 0 Å². The van der Waals surface area contributed by atoms with Crippen LogP contribution in [0.15, 0.2) is 24.3 Å². The number of carbonyl (C=O) groups excluding carboxylic acids is 2. The van der Waals surface area contributed by atoms with Crippen molar-refractivity contribution in [3.8, 4) is 5.75 Å². The second-order valence-corrected chi connectivity index (χ2v) is 5.31. The summed E-state index contributed by atoms with van der Waals surface area (Å²) in [6.07, 6.45) is 4.26. The molecule has 1 aliphatic carbocycles. The van der Waals surface area contributed by atoms with Gasteiger partial charge in [0.05, 0.1) is 13.2 Å². The lowest BCUT2D eigenvalue weighted by atomic mass is 10.2. The van der Waals surface area contributed by atoms with Crippen molar-refractivity contribution in [1.82, 2.24) is 10.6 Å². The minimum atomic E-state index is -0.412. The molecule has 6 nitrogen and oxygen atoms in total. The quantitative estimate of drug-likeness (QED) is 0.753. The van der Waals surface area contributed by atoms with Crippen molar-refractivity contribution in [2.45, 2.75) is 38.6 Å². The molecule has 3 amide bonds. The maximum absolute atomic E-state index is 11.7. The van der Waals surface area contributed by atoms with Crippen LogP contribution in [0.1, 0.15) is 32.6 Å². The molecular weight excluding hydrogens is 282 g/mol. The van der Waals surface area contributed by atoms with Crippen LogP contribution in [-0.2, 0) is 4.79 Å². The van der Waals surface area contributed by atoms with E-state index in [9.17, 15) is 9.59 Å². The molecule has 3 N–H and O–H groups in total. The van der Waals surface area contributed by atoms with Crippen molar-refractivity contribution in [3.05, 3.63) is 24.3 Å². The molecule has 0 aliphatic heterocycles. The van der Waals surface area contributed by atoms with Crippen LogP contribution in [0.4, 0.5) is 10.5 Å². The van der Waals surface area contributed by atoms with Gasteiger partial charge in [0.25, 0.3) is 0 Å². The summed E-state index contributed by atoms with van der Waals surface area (Å²) in [6.45, 7) is 2.59. The molecule has 1 aliphatic rings. The zero-order chi connectivity index (χ0) is 15.8. The fourth-order valence-electron chi connectivity index (χ4n) is 2.48. The zero-order valence-electron chi connectivity index (χ0n) is 12.9. The molecule has 0 unspecified atom stereocenters. The summed E-state index contributed by atoms with van der Waals surface area (Å²) in [5.41, 5.74) is 0.801. The average molecular weight is 305 g/mol. The van der Waals surface area contributed by atoms with Gasteiger partial charge in [0.1, 0.15) is 5.75 Å². The number of urea groups is 1. The highest BCUT2D eigenvalue weighted by molar-refractivity contribution is 5.96. The standard InChI is InChI=1S/C16H23N3O3/c1-2-22-14-9-7-12(8-10-14)17-11-15(20)19-16(21)18-13-5-3-4-6-13/h7-10,13,17H,2-6,11H2,1H3,(H2,18,19,20,21). The predicted octanol–water partition coefficient (Wildman–Crippen LogP) is 2.27. The molecule has 1 aromatic rings. The molecule has 1 fully saturated rings. The molecule has 0 aromatic heterocycles. The molecule has 0 spiro atoms. The Morgan fingerprint density at radius 2 is 1.86 bits per heavy atom. The second-order valence-electron chi connectivity index (χ2n) is 5.31. The lowest BCUT2D eigenvalue weighted by Crippen LogP contribution is -2.45. The SMILES string of the molecule is CCOc1ccc(NCC(=O)NC(=O)NC2CCCC2)cc1. The molecule has 2 rings (SSSR count). The summed E-state index contributed by atoms with van der Waals surface area (Å²) in [5, 5.41) is 8.11. The number of nitrogens with one attached hydrogen (secondary N) is 3. The molecule has 22 heavy (non-hydrogen) atoms. The predicted molar refractivity (Wildman–Crippen MR) is 85.0 cm³/mol. The Kier molecular flexibility index (Phi) is 6.06. The first-order valence-electron chi connectivity index (χ1n) is 7.74. The van der Waals surface area contributed by atoms with Crippen LogP contribution >= 0.6 is 0 Å². The molecule has 1 aromatic carbocycles. The van der Waals surface area contributed by atoms with E-state index in [0.29, 0.717) is 6.61 Å². The van der Waals surface area contributed by atoms with Crippen molar-refractivity contribution in [1.29, 1.82) is 0 Å². The molecule has 1 saturated carbocycles. The number of hydrogen-bond donors (Lipinski definition) is 3. The first-order chi connectivity index (χ1) is 10.7. The van der Waals surface area contributed by atoms with Gasteiger partial charge in [-0.1, -0.05) is 12.8 Å². The molecule has 120 valence electrons. The average Bonchev–Trinajstić information content (AvgIpc) is 2.99. The maximum Gasteiger partial charge on any atom is 0.321 e. The second kappa shape index (κ2) is 8.26. The number of rotatable bonds is 6. The van der Waals surface area contributed by atoms with Gasteiger partial charge in [-0.05, 0) is 44.0 Å². The summed E-state index contributed by atoms with van der Waals surface area (Å²) in [7, 11) is 0. The summed E-state index contributed by atoms with van der Waals surface area (Å²) >= 11 is 0. The third-order valence-corrected chi connectivity index (χ3v) is 3.56. The number of benzene rings is 1. The number of imide groups is 1. The van der Waals surface area contributed by atoms with E-state index in [1.165, 1.54) is 0 Å². The van der Waals surface area contributed by atoms with E-state index in [2.05, 4.69) is 16.0 Å². The van der Waals surface area contributed by atoms with Gasteiger partial charge >= 0.3 is 6.03 Å². The highest BCUT2D eigenvalue weighted by atomic mass is 16.5. The monoisotopic (exact) mass is 305 g/mol. The highest BCUT2D eigenvalue weighted by Gasteiger charge is 2.17. The van der Waals surface area contributed by atoms with Gasteiger partial charge < -0.3 is 15.4 Å².